The molecule has 3 heterocycles. The smallest absolute Gasteiger partial charge is 0.293 e. The summed E-state index contributed by atoms with van der Waals surface area (Å²) in [4.78, 5) is 26.0. The van der Waals surface area contributed by atoms with Crippen LogP contribution in [0.1, 0.15) is 20.3 Å². The van der Waals surface area contributed by atoms with E-state index in [0.29, 0.717) is 49.2 Å². The average Bonchev–Trinajstić information content (AvgIpc) is 2.73. The van der Waals surface area contributed by atoms with E-state index < -0.39 is 0 Å². The van der Waals surface area contributed by atoms with E-state index in [-0.39, 0.29) is 5.56 Å². The fourth-order valence-corrected chi connectivity index (χ4v) is 2.86. The van der Waals surface area contributed by atoms with Gasteiger partial charge in [-0.1, -0.05) is 6.92 Å². The molecule has 1 N–H and O–H groups in total. The van der Waals surface area contributed by atoms with Gasteiger partial charge in [-0.05, 0) is 25.5 Å². The van der Waals surface area contributed by atoms with Crippen molar-refractivity contribution in [3.8, 4) is 17.0 Å². The lowest BCUT2D eigenvalue weighted by Gasteiger charge is -2.13. The van der Waals surface area contributed by atoms with Crippen LogP contribution in [0.2, 0.25) is 0 Å². The number of rotatable bonds is 9. The van der Waals surface area contributed by atoms with Gasteiger partial charge < -0.3 is 14.8 Å². The predicted octanol–water partition coefficient (Wildman–Crippen LogP) is 2.72. The van der Waals surface area contributed by atoms with Crippen molar-refractivity contribution in [2.75, 3.05) is 32.2 Å². The Morgan fingerprint density at radius 3 is 2.61 bits per heavy atom. The summed E-state index contributed by atoms with van der Waals surface area (Å²) in [5.41, 5.74) is 2.73. The third kappa shape index (κ3) is 4.28. The Hall–Kier alpha value is -3.00. The van der Waals surface area contributed by atoms with Crippen LogP contribution in [-0.2, 0) is 11.3 Å². The molecule has 0 aromatic carbocycles. The molecule has 0 bridgehead atoms. The molecule has 0 unspecified atom stereocenters. The number of nitrogens with one attached hydrogen (secondary N) is 1. The lowest BCUT2D eigenvalue weighted by Crippen LogP contribution is -2.27. The number of ether oxygens (including phenoxy) is 2. The summed E-state index contributed by atoms with van der Waals surface area (Å²) in [7, 11) is 1.58. The first-order chi connectivity index (χ1) is 13.7. The third-order valence-electron chi connectivity index (χ3n) is 4.23. The SMILES string of the molecule is CCCOCCn1c(=O)c(NCC)nc2ncc(-c3ccc(OC)nc3)cc21. The Kier molecular flexibility index (Phi) is 6.54. The Morgan fingerprint density at radius 1 is 1.11 bits per heavy atom. The van der Waals surface area contributed by atoms with E-state index in [1.54, 1.807) is 30.1 Å². The second-order valence-electron chi connectivity index (χ2n) is 6.22. The van der Waals surface area contributed by atoms with Gasteiger partial charge in [0.1, 0.15) is 0 Å². The largest absolute Gasteiger partial charge is 0.481 e. The quantitative estimate of drug-likeness (QED) is 0.568. The van der Waals surface area contributed by atoms with Crippen molar-refractivity contribution < 1.29 is 9.47 Å². The van der Waals surface area contributed by atoms with E-state index in [4.69, 9.17) is 9.47 Å². The van der Waals surface area contributed by atoms with Crippen LogP contribution < -0.4 is 15.6 Å². The van der Waals surface area contributed by atoms with Gasteiger partial charge in [-0.2, -0.15) is 0 Å². The molecule has 8 nitrogen and oxygen atoms in total. The fraction of sp³-hybridized carbons (Fsp3) is 0.400. The van der Waals surface area contributed by atoms with Gasteiger partial charge in [0, 0.05) is 49.3 Å². The molecule has 0 radical (unpaired) electrons. The molecule has 0 spiro atoms. The Bertz CT molecular complexity index is 986. The van der Waals surface area contributed by atoms with Crippen LogP contribution in [0, 0.1) is 0 Å². The van der Waals surface area contributed by atoms with E-state index in [1.807, 2.05) is 19.1 Å². The molecule has 0 amide bonds. The molecule has 148 valence electrons. The van der Waals surface area contributed by atoms with Crippen molar-refractivity contribution >= 4 is 17.0 Å². The van der Waals surface area contributed by atoms with Gasteiger partial charge in [-0.3, -0.25) is 9.36 Å². The van der Waals surface area contributed by atoms with E-state index in [1.165, 1.54) is 0 Å². The minimum Gasteiger partial charge on any atom is -0.481 e. The van der Waals surface area contributed by atoms with Crippen molar-refractivity contribution in [1.82, 2.24) is 19.5 Å². The maximum Gasteiger partial charge on any atom is 0.293 e. The topological polar surface area (TPSA) is 91.2 Å². The molecule has 0 saturated heterocycles. The van der Waals surface area contributed by atoms with E-state index >= 15 is 0 Å². The first-order valence-electron chi connectivity index (χ1n) is 9.40. The fourth-order valence-electron chi connectivity index (χ4n) is 2.86. The zero-order valence-corrected chi connectivity index (χ0v) is 16.4. The monoisotopic (exact) mass is 383 g/mol. The summed E-state index contributed by atoms with van der Waals surface area (Å²) >= 11 is 0. The molecule has 0 aliphatic rings. The molecule has 0 saturated carbocycles. The number of pyridine rings is 2. The maximum absolute atomic E-state index is 12.9. The van der Waals surface area contributed by atoms with Crippen LogP contribution in [0.4, 0.5) is 5.82 Å². The van der Waals surface area contributed by atoms with Crippen LogP contribution in [0.3, 0.4) is 0 Å². The zero-order valence-electron chi connectivity index (χ0n) is 16.4. The van der Waals surface area contributed by atoms with Crippen LogP contribution in [0.25, 0.3) is 22.3 Å². The van der Waals surface area contributed by atoms with Crippen molar-refractivity contribution in [3.63, 3.8) is 0 Å². The molecular weight excluding hydrogens is 358 g/mol. The summed E-state index contributed by atoms with van der Waals surface area (Å²) in [6, 6.07) is 5.61. The van der Waals surface area contributed by atoms with Crippen LogP contribution >= 0.6 is 0 Å². The molecule has 8 heteroatoms. The zero-order chi connectivity index (χ0) is 19.9. The van der Waals surface area contributed by atoms with Crippen molar-refractivity contribution in [2.24, 2.45) is 0 Å². The second-order valence-corrected chi connectivity index (χ2v) is 6.22. The minimum absolute atomic E-state index is 0.179. The first kappa shape index (κ1) is 19.8. The highest BCUT2D eigenvalue weighted by Crippen LogP contribution is 2.23. The van der Waals surface area contributed by atoms with Crippen molar-refractivity contribution in [2.45, 2.75) is 26.8 Å². The number of hydrogen-bond donors (Lipinski definition) is 1. The first-order valence-corrected chi connectivity index (χ1v) is 9.40. The molecule has 0 fully saturated rings. The molecule has 3 rings (SSSR count). The third-order valence-corrected chi connectivity index (χ3v) is 4.23. The Labute approximate surface area is 163 Å². The lowest BCUT2D eigenvalue weighted by molar-refractivity contribution is 0.127. The van der Waals surface area contributed by atoms with E-state index in [9.17, 15) is 4.79 Å². The number of nitrogens with zero attached hydrogens (tertiary/aromatic N) is 4. The molecule has 0 aliphatic heterocycles. The van der Waals surface area contributed by atoms with Gasteiger partial charge >= 0.3 is 0 Å². The van der Waals surface area contributed by atoms with E-state index in [0.717, 1.165) is 17.5 Å². The normalized spacial score (nSPS) is 11.0. The highest BCUT2D eigenvalue weighted by molar-refractivity contribution is 5.78. The van der Waals surface area contributed by atoms with Gasteiger partial charge in [-0.15, -0.1) is 0 Å². The number of methoxy groups -OCH3 is 1. The predicted molar refractivity (Wildman–Crippen MR) is 109 cm³/mol. The number of hydrogen-bond acceptors (Lipinski definition) is 7. The second kappa shape index (κ2) is 9.27. The molecule has 0 atom stereocenters. The summed E-state index contributed by atoms with van der Waals surface area (Å²) < 4.78 is 12.4. The van der Waals surface area contributed by atoms with Gasteiger partial charge in [0.15, 0.2) is 11.5 Å². The average molecular weight is 383 g/mol. The lowest BCUT2D eigenvalue weighted by atomic mass is 10.1. The van der Waals surface area contributed by atoms with Crippen LogP contribution in [0.5, 0.6) is 5.88 Å². The maximum atomic E-state index is 12.9. The molecule has 3 aromatic rings. The standard InChI is InChI=1S/C20H25N5O3/c1-4-9-28-10-8-25-16-11-15(14-6-7-17(27-3)22-12-14)13-23-18(16)24-19(20(25)26)21-5-2/h6-7,11-13H,4-5,8-10H2,1-3H3,(H,21,23,24). The van der Waals surface area contributed by atoms with Gasteiger partial charge in [0.05, 0.1) is 19.2 Å². The highest BCUT2D eigenvalue weighted by Gasteiger charge is 2.13. The Balaban J connectivity index is 2.05. The van der Waals surface area contributed by atoms with Crippen molar-refractivity contribution in [1.29, 1.82) is 0 Å². The number of fused-ring (bicyclic) bond motifs is 1. The molecular formula is C20H25N5O3. The molecule has 0 aliphatic carbocycles. The van der Waals surface area contributed by atoms with Crippen LogP contribution in [0.15, 0.2) is 35.4 Å². The number of aromatic nitrogens is 4. The van der Waals surface area contributed by atoms with Gasteiger partial charge in [0.2, 0.25) is 5.88 Å². The van der Waals surface area contributed by atoms with Gasteiger partial charge in [0.25, 0.3) is 5.56 Å². The Morgan fingerprint density at radius 2 is 1.93 bits per heavy atom. The highest BCUT2D eigenvalue weighted by atomic mass is 16.5. The molecule has 28 heavy (non-hydrogen) atoms. The van der Waals surface area contributed by atoms with E-state index in [2.05, 4.69) is 27.2 Å². The summed E-state index contributed by atoms with van der Waals surface area (Å²) in [5, 5.41) is 3.02. The summed E-state index contributed by atoms with van der Waals surface area (Å²) in [5.74, 6) is 0.844. The minimum atomic E-state index is -0.179. The van der Waals surface area contributed by atoms with Crippen LogP contribution in [-0.4, -0.2) is 46.4 Å². The van der Waals surface area contributed by atoms with Crippen molar-refractivity contribution in [3.05, 3.63) is 40.9 Å². The summed E-state index contributed by atoms with van der Waals surface area (Å²) in [6.45, 7) is 6.13. The van der Waals surface area contributed by atoms with Gasteiger partial charge in [-0.25, -0.2) is 15.0 Å². The molecule has 3 aromatic heterocycles. The summed E-state index contributed by atoms with van der Waals surface area (Å²) in [6.07, 6.45) is 4.39. The number of anilines is 1.